The monoisotopic (exact) mass is 404 g/mol. The van der Waals surface area contributed by atoms with E-state index in [0.29, 0.717) is 16.5 Å². The Labute approximate surface area is 153 Å². The van der Waals surface area contributed by atoms with Crippen molar-refractivity contribution in [3.63, 3.8) is 0 Å². The summed E-state index contributed by atoms with van der Waals surface area (Å²) in [6.07, 6.45) is 1.89. The number of carbonyl (C=O) groups excluding carboxylic acids is 1. The van der Waals surface area contributed by atoms with E-state index in [0.717, 1.165) is 15.7 Å². The van der Waals surface area contributed by atoms with Gasteiger partial charge in [0.2, 0.25) is 0 Å². The molecule has 3 aromatic rings. The average molecular weight is 406 g/mol. The summed E-state index contributed by atoms with van der Waals surface area (Å²) in [7, 11) is 1.88. The van der Waals surface area contributed by atoms with E-state index in [1.165, 1.54) is 0 Å². The van der Waals surface area contributed by atoms with E-state index in [9.17, 15) is 4.79 Å². The van der Waals surface area contributed by atoms with E-state index in [2.05, 4.69) is 15.9 Å². The van der Waals surface area contributed by atoms with Gasteiger partial charge in [-0.15, -0.1) is 0 Å². The molecule has 1 heterocycles. The van der Waals surface area contributed by atoms with Gasteiger partial charge in [0.25, 0.3) is 0 Å². The zero-order chi connectivity index (χ0) is 17.3. The first-order chi connectivity index (χ1) is 11.5. The summed E-state index contributed by atoms with van der Waals surface area (Å²) in [4.78, 5) is 12.5. The molecule has 6 heteroatoms. The van der Waals surface area contributed by atoms with E-state index < -0.39 is 0 Å². The lowest BCUT2D eigenvalue weighted by Crippen LogP contribution is -2.39. The molecule has 0 radical (unpaired) electrons. The number of halogens is 2. The van der Waals surface area contributed by atoms with Crippen LogP contribution in [0.25, 0.3) is 11.3 Å². The molecule has 4 nitrogen and oxygen atoms in total. The van der Waals surface area contributed by atoms with E-state index in [4.69, 9.17) is 17.3 Å². The Morgan fingerprint density at radius 2 is 2.00 bits per heavy atom. The lowest BCUT2D eigenvalue weighted by molar-refractivity contribution is -0.667. The summed E-state index contributed by atoms with van der Waals surface area (Å²) in [6.45, 7) is 0.161. The number of hydrogen-bond donors (Lipinski definition) is 1. The molecule has 0 saturated heterocycles. The molecule has 1 aromatic heterocycles. The van der Waals surface area contributed by atoms with Gasteiger partial charge in [0.1, 0.15) is 18.4 Å². The van der Waals surface area contributed by atoms with Gasteiger partial charge in [-0.1, -0.05) is 51.8 Å². The minimum absolute atomic E-state index is 0.0411. The van der Waals surface area contributed by atoms with Gasteiger partial charge >= 0.3 is 5.95 Å². The molecule has 2 aromatic carbocycles. The van der Waals surface area contributed by atoms with Gasteiger partial charge in [0.15, 0.2) is 5.78 Å². The van der Waals surface area contributed by atoms with Crippen molar-refractivity contribution in [1.29, 1.82) is 0 Å². The van der Waals surface area contributed by atoms with Crippen LogP contribution in [0, 0.1) is 0 Å². The second-order valence-electron chi connectivity index (χ2n) is 5.50. The maximum Gasteiger partial charge on any atom is 0.355 e. The summed E-state index contributed by atoms with van der Waals surface area (Å²) in [5.41, 5.74) is 8.70. The summed E-state index contributed by atoms with van der Waals surface area (Å²) in [6, 6.07) is 14.9. The molecule has 0 aliphatic carbocycles. The quantitative estimate of drug-likeness (QED) is 0.529. The van der Waals surface area contributed by atoms with Crippen molar-refractivity contribution < 1.29 is 9.36 Å². The Morgan fingerprint density at radius 3 is 2.71 bits per heavy atom. The molecule has 0 amide bonds. The Balaban J connectivity index is 1.92. The number of ketones is 1. The first-order valence-corrected chi connectivity index (χ1v) is 8.52. The van der Waals surface area contributed by atoms with Crippen molar-refractivity contribution in [2.24, 2.45) is 7.05 Å². The van der Waals surface area contributed by atoms with Crippen LogP contribution in [0.2, 0.25) is 5.02 Å². The third-order valence-corrected chi connectivity index (χ3v) is 4.59. The average Bonchev–Trinajstić information content (AvgIpc) is 2.83. The first-order valence-electron chi connectivity index (χ1n) is 7.35. The fourth-order valence-corrected chi connectivity index (χ4v) is 3.16. The van der Waals surface area contributed by atoms with Crippen LogP contribution in [-0.4, -0.2) is 10.4 Å². The minimum Gasteiger partial charge on any atom is -0.291 e. The number of nitrogens with zero attached hydrogens (tertiary/aromatic N) is 2. The van der Waals surface area contributed by atoms with Crippen LogP contribution >= 0.6 is 27.5 Å². The van der Waals surface area contributed by atoms with Gasteiger partial charge in [-0.25, -0.2) is 9.13 Å². The Hall–Kier alpha value is -2.11. The number of carbonyl (C=O) groups is 1. The molecular weight excluding hydrogens is 390 g/mol. The van der Waals surface area contributed by atoms with Crippen LogP contribution in [0.4, 0.5) is 5.95 Å². The molecule has 0 aliphatic rings. The van der Waals surface area contributed by atoms with Gasteiger partial charge in [0, 0.05) is 20.6 Å². The van der Waals surface area contributed by atoms with Crippen LogP contribution in [0.5, 0.6) is 0 Å². The molecule has 0 spiro atoms. The number of rotatable bonds is 4. The van der Waals surface area contributed by atoms with Gasteiger partial charge in [-0.05, 0) is 24.3 Å². The van der Waals surface area contributed by atoms with E-state index in [1.807, 2.05) is 42.1 Å². The Kier molecular flexibility index (Phi) is 4.73. The summed E-state index contributed by atoms with van der Waals surface area (Å²) < 4.78 is 4.60. The predicted molar refractivity (Wildman–Crippen MR) is 98.9 cm³/mol. The van der Waals surface area contributed by atoms with Crippen LogP contribution in [0.15, 0.2) is 59.2 Å². The normalized spacial score (nSPS) is 10.8. The molecule has 2 N–H and O–H groups in total. The summed E-state index contributed by atoms with van der Waals surface area (Å²) in [5, 5.41) is 0.543. The molecule has 0 fully saturated rings. The highest BCUT2D eigenvalue weighted by Crippen LogP contribution is 2.23. The second-order valence-corrected chi connectivity index (χ2v) is 6.86. The highest BCUT2D eigenvalue weighted by molar-refractivity contribution is 9.10. The number of imidazole rings is 1. The molecule has 0 saturated carbocycles. The number of nitrogens with two attached hydrogens (primary N) is 1. The summed E-state index contributed by atoms with van der Waals surface area (Å²) in [5.74, 6) is 0.473. The second kappa shape index (κ2) is 6.79. The number of Topliss-reactive ketones (excluding diaryl/α,β-unsaturated/α-hetero) is 1. The zero-order valence-corrected chi connectivity index (χ0v) is 15.4. The van der Waals surface area contributed by atoms with Crippen LogP contribution in [0.3, 0.4) is 0 Å². The van der Waals surface area contributed by atoms with E-state index in [1.54, 1.807) is 28.8 Å². The number of anilines is 1. The smallest absolute Gasteiger partial charge is 0.291 e. The molecule has 3 rings (SSSR count). The van der Waals surface area contributed by atoms with Crippen molar-refractivity contribution in [2.45, 2.75) is 6.54 Å². The van der Waals surface area contributed by atoms with E-state index >= 15 is 0 Å². The van der Waals surface area contributed by atoms with Crippen molar-refractivity contribution in [2.75, 3.05) is 5.73 Å². The van der Waals surface area contributed by atoms with Gasteiger partial charge < -0.3 is 0 Å². The van der Waals surface area contributed by atoms with Crippen LogP contribution in [-0.2, 0) is 13.6 Å². The fraction of sp³-hybridized carbons (Fsp3) is 0.111. The van der Waals surface area contributed by atoms with Crippen molar-refractivity contribution >= 4 is 39.3 Å². The van der Waals surface area contributed by atoms with Gasteiger partial charge in [-0.2, -0.15) is 0 Å². The van der Waals surface area contributed by atoms with Crippen molar-refractivity contribution in [3.05, 3.63) is 69.8 Å². The molecule has 0 aliphatic heterocycles. The SMILES string of the molecule is Cn1c(-c2cccc(Br)c2)c[n+](CC(=O)c2cccc(Cl)c2)c1N. The zero-order valence-electron chi connectivity index (χ0n) is 13.0. The highest BCUT2D eigenvalue weighted by Gasteiger charge is 2.20. The van der Waals surface area contributed by atoms with Crippen LogP contribution < -0.4 is 10.3 Å². The van der Waals surface area contributed by atoms with Gasteiger partial charge in [0.05, 0.1) is 7.05 Å². The summed E-state index contributed by atoms with van der Waals surface area (Å²) >= 11 is 9.43. The Bertz CT molecular complexity index is 920. The molecule has 24 heavy (non-hydrogen) atoms. The number of hydrogen-bond acceptors (Lipinski definition) is 2. The molecular formula is C18H16BrClN3O+. The molecule has 0 atom stereocenters. The fourth-order valence-electron chi connectivity index (χ4n) is 2.57. The molecule has 122 valence electrons. The lowest BCUT2D eigenvalue weighted by atomic mass is 10.1. The first kappa shape index (κ1) is 16.7. The van der Waals surface area contributed by atoms with E-state index in [-0.39, 0.29) is 12.3 Å². The third-order valence-electron chi connectivity index (χ3n) is 3.86. The van der Waals surface area contributed by atoms with Crippen molar-refractivity contribution in [3.8, 4) is 11.3 Å². The Morgan fingerprint density at radius 1 is 1.25 bits per heavy atom. The molecule has 0 unspecified atom stereocenters. The molecule has 0 bridgehead atoms. The van der Waals surface area contributed by atoms with Gasteiger partial charge in [-0.3, -0.25) is 10.5 Å². The number of nitrogen functional groups attached to an aromatic ring is 1. The predicted octanol–water partition coefficient (Wildman–Crippen LogP) is 3.86. The minimum atomic E-state index is -0.0411. The topological polar surface area (TPSA) is 51.9 Å². The van der Waals surface area contributed by atoms with Crippen LogP contribution in [0.1, 0.15) is 10.4 Å². The largest absolute Gasteiger partial charge is 0.355 e. The highest BCUT2D eigenvalue weighted by atomic mass is 79.9. The number of benzene rings is 2. The number of aromatic nitrogens is 2. The third kappa shape index (κ3) is 3.37. The lowest BCUT2D eigenvalue weighted by Gasteiger charge is -2.01. The maximum absolute atomic E-state index is 12.5. The van der Waals surface area contributed by atoms with Crippen molar-refractivity contribution in [1.82, 2.24) is 4.57 Å². The maximum atomic E-state index is 12.5. The standard InChI is InChI=1S/C18H15BrClN3O/c1-22-16(12-4-2-6-14(19)8-12)10-23(18(22)21)11-17(24)13-5-3-7-15(20)9-13/h2-10,21H,11H2,1H3/p+1.